The van der Waals surface area contributed by atoms with Crippen molar-refractivity contribution in [3.8, 4) is 28.0 Å². The van der Waals surface area contributed by atoms with Crippen molar-refractivity contribution in [1.82, 2.24) is 0 Å². The van der Waals surface area contributed by atoms with E-state index in [1.807, 2.05) is 13.0 Å². The van der Waals surface area contributed by atoms with Crippen LogP contribution in [-0.4, -0.2) is 30.9 Å². The number of hydrogen-bond donors (Lipinski definition) is 1. The molecule has 0 bridgehead atoms. The number of aliphatic hydroxyl groups is 1. The van der Waals surface area contributed by atoms with Gasteiger partial charge in [0.05, 0.1) is 0 Å². The smallest absolute Gasteiger partial charge is 0.333 e. The highest BCUT2D eigenvalue weighted by molar-refractivity contribution is 5.93. The van der Waals surface area contributed by atoms with Gasteiger partial charge >= 0.3 is 5.97 Å². The van der Waals surface area contributed by atoms with E-state index in [4.69, 9.17) is 9.47 Å². The van der Waals surface area contributed by atoms with Crippen molar-refractivity contribution in [3.63, 3.8) is 0 Å². The fraction of sp³-hybridized carbons (Fsp3) is 0.242. The molecule has 1 N–H and O–H groups in total. The highest BCUT2D eigenvalue weighted by Gasteiger charge is 2.11. The maximum absolute atomic E-state index is 11.6. The standard InChI is InChI=1S/C33H34O4/c1-5-25-20-27(12-13-30(25)26-8-6-24(7-9-26)14-15-34)28-10-11-29-18-23(4)19-32(31(29)21-28)36-16-17-37-33(35)22(2)3/h6-13,18-21,34H,2,5,14-17H2,1,3-4H3. The first-order chi connectivity index (χ1) is 17.9. The van der Waals surface area contributed by atoms with Crippen LogP contribution in [0.3, 0.4) is 0 Å². The molecule has 4 aromatic carbocycles. The zero-order valence-corrected chi connectivity index (χ0v) is 21.8. The summed E-state index contributed by atoms with van der Waals surface area (Å²) in [5.41, 5.74) is 8.59. The number of carbonyl (C=O) groups excluding carboxylic acids is 1. The Balaban J connectivity index is 1.61. The van der Waals surface area contributed by atoms with Crippen LogP contribution in [0, 0.1) is 6.92 Å². The van der Waals surface area contributed by atoms with Crippen LogP contribution >= 0.6 is 0 Å². The molecule has 0 unspecified atom stereocenters. The van der Waals surface area contributed by atoms with Gasteiger partial charge in [0, 0.05) is 17.6 Å². The van der Waals surface area contributed by atoms with Crippen molar-refractivity contribution >= 4 is 16.7 Å². The molecule has 0 aliphatic rings. The maximum Gasteiger partial charge on any atom is 0.333 e. The Bertz CT molecular complexity index is 1420. The Morgan fingerprint density at radius 1 is 0.892 bits per heavy atom. The van der Waals surface area contributed by atoms with Gasteiger partial charge in [-0.3, -0.25) is 0 Å². The van der Waals surface area contributed by atoms with Gasteiger partial charge in [0.2, 0.25) is 0 Å². The lowest BCUT2D eigenvalue weighted by Gasteiger charge is -2.14. The van der Waals surface area contributed by atoms with Gasteiger partial charge in [-0.2, -0.15) is 0 Å². The number of hydrogen-bond acceptors (Lipinski definition) is 4. The van der Waals surface area contributed by atoms with Crippen molar-refractivity contribution < 1.29 is 19.4 Å². The van der Waals surface area contributed by atoms with Crippen LogP contribution < -0.4 is 4.74 Å². The summed E-state index contributed by atoms with van der Waals surface area (Å²) in [5.74, 6) is 0.370. The Kier molecular flexibility index (Phi) is 8.42. The molecule has 0 aromatic heterocycles. The third-order valence-corrected chi connectivity index (χ3v) is 6.47. The first-order valence-electron chi connectivity index (χ1n) is 12.7. The number of aryl methyl sites for hydroxylation is 2. The molecule has 0 saturated heterocycles. The molecular weight excluding hydrogens is 460 g/mol. The Morgan fingerprint density at radius 3 is 2.30 bits per heavy atom. The van der Waals surface area contributed by atoms with Gasteiger partial charge < -0.3 is 14.6 Å². The number of benzene rings is 4. The van der Waals surface area contributed by atoms with E-state index in [1.165, 1.54) is 16.7 Å². The van der Waals surface area contributed by atoms with E-state index in [0.717, 1.165) is 45.2 Å². The van der Waals surface area contributed by atoms with Crippen LogP contribution in [0.5, 0.6) is 5.75 Å². The highest BCUT2D eigenvalue weighted by Crippen LogP contribution is 2.34. The number of ether oxygens (including phenoxy) is 2. The SMILES string of the molecule is C=C(C)C(=O)OCCOc1cc(C)cc2ccc(-c3ccc(-c4ccc(CCO)cc4)c(CC)c3)cc12. The largest absolute Gasteiger partial charge is 0.489 e. The lowest BCUT2D eigenvalue weighted by atomic mass is 9.92. The summed E-state index contributed by atoms with van der Waals surface area (Å²) in [6.07, 6.45) is 1.60. The third-order valence-electron chi connectivity index (χ3n) is 6.47. The molecule has 4 aromatic rings. The fourth-order valence-corrected chi connectivity index (χ4v) is 4.50. The molecule has 4 heteroatoms. The highest BCUT2D eigenvalue weighted by atomic mass is 16.6. The molecule has 4 nitrogen and oxygen atoms in total. The van der Waals surface area contributed by atoms with Crippen molar-refractivity contribution in [2.45, 2.75) is 33.6 Å². The van der Waals surface area contributed by atoms with E-state index in [1.54, 1.807) is 6.92 Å². The molecular formula is C33H34O4. The van der Waals surface area contributed by atoms with E-state index >= 15 is 0 Å². The second kappa shape index (κ2) is 11.9. The molecule has 0 spiro atoms. The lowest BCUT2D eigenvalue weighted by molar-refractivity contribution is -0.139. The predicted molar refractivity (Wildman–Crippen MR) is 151 cm³/mol. The zero-order valence-electron chi connectivity index (χ0n) is 21.8. The summed E-state index contributed by atoms with van der Waals surface area (Å²) >= 11 is 0. The van der Waals surface area contributed by atoms with Crippen molar-refractivity contribution in [2.75, 3.05) is 19.8 Å². The topological polar surface area (TPSA) is 55.8 Å². The zero-order chi connectivity index (χ0) is 26.4. The number of rotatable bonds is 10. The molecule has 0 aliphatic heterocycles. The van der Waals surface area contributed by atoms with E-state index < -0.39 is 5.97 Å². The van der Waals surface area contributed by atoms with Crippen molar-refractivity contribution in [1.29, 1.82) is 0 Å². The molecule has 190 valence electrons. The normalized spacial score (nSPS) is 10.9. The van der Waals surface area contributed by atoms with Crippen molar-refractivity contribution in [2.24, 2.45) is 0 Å². The summed E-state index contributed by atoms with van der Waals surface area (Å²) in [6, 6.07) is 25.7. The van der Waals surface area contributed by atoms with Crippen LogP contribution in [0.4, 0.5) is 0 Å². The number of esters is 1. The molecule has 0 heterocycles. The molecule has 0 aliphatic carbocycles. The molecule has 37 heavy (non-hydrogen) atoms. The second-order valence-corrected chi connectivity index (χ2v) is 9.36. The summed E-state index contributed by atoms with van der Waals surface area (Å²) < 4.78 is 11.2. The van der Waals surface area contributed by atoms with Crippen LogP contribution in [-0.2, 0) is 22.4 Å². The predicted octanol–water partition coefficient (Wildman–Crippen LogP) is 7.08. The molecule has 0 fully saturated rings. The van der Waals surface area contributed by atoms with Gasteiger partial charge in [0.25, 0.3) is 0 Å². The molecule has 0 saturated carbocycles. The number of aliphatic hydroxyl groups excluding tert-OH is 1. The van der Waals surface area contributed by atoms with Gasteiger partial charge in [0.1, 0.15) is 19.0 Å². The van der Waals surface area contributed by atoms with Crippen LogP contribution in [0.2, 0.25) is 0 Å². The van der Waals surface area contributed by atoms with E-state index in [2.05, 4.69) is 80.2 Å². The molecule has 0 atom stereocenters. The lowest BCUT2D eigenvalue weighted by Crippen LogP contribution is -2.12. The minimum atomic E-state index is -0.406. The summed E-state index contributed by atoms with van der Waals surface area (Å²) in [4.78, 5) is 11.6. The van der Waals surface area contributed by atoms with Gasteiger partial charge in [-0.1, -0.05) is 74.2 Å². The van der Waals surface area contributed by atoms with E-state index in [-0.39, 0.29) is 19.8 Å². The second-order valence-electron chi connectivity index (χ2n) is 9.36. The van der Waals surface area contributed by atoms with Gasteiger partial charge in [0.15, 0.2) is 0 Å². The molecule has 4 rings (SSSR count). The van der Waals surface area contributed by atoms with E-state index in [9.17, 15) is 9.90 Å². The van der Waals surface area contributed by atoms with E-state index in [0.29, 0.717) is 12.0 Å². The Morgan fingerprint density at radius 2 is 1.59 bits per heavy atom. The van der Waals surface area contributed by atoms with Gasteiger partial charge in [-0.15, -0.1) is 0 Å². The number of carbonyl (C=O) groups is 1. The average molecular weight is 495 g/mol. The minimum Gasteiger partial charge on any atom is -0.489 e. The minimum absolute atomic E-state index is 0.162. The summed E-state index contributed by atoms with van der Waals surface area (Å²) in [7, 11) is 0. The summed E-state index contributed by atoms with van der Waals surface area (Å²) in [5, 5.41) is 11.3. The molecule has 0 radical (unpaired) electrons. The summed E-state index contributed by atoms with van der Waals surface area (Å²) in [6.45, 7) is 10.1. The van der Waals surface area contributed by atoms with Crippen LogP contribution in [0.1, 0.15) is 30.5 Å². The monoisotopic (exact) mass is 494 g/mol. The van der Waals surface area contributed by atoms with Gasteiger partial charge in [-0.05, 0) is 83.2 Å². The maximum atomic E-state index is 11.6. The number of fused-ring (bicyclic) bond motifs is 1. The first-order valence-corrected chi connectivity index (χ1v) is 12.7. The van der Waals surface area contributed by atoms with Crippen LogP contribution in [0.15, 0.2) is 84.9 Å². The fourth-order valence-electron chi connectivity index (χ4n) is 4.50. The molecule has 0 amide bonds. The van der Waals surface area contributed by atoms with Crippen LogP contribution in [0.25, 0.3) is 33.0 Å². The Hall–Kier alpha value is -3.89. The third kappa shape index (κ3) is 6.28. The average Bonchev–Trinajstić information content (AvgIpc) is 2.90. The first kappa shape index (κ1) is 26.2. The quantitative estimate of drug-likeness (QED) is 0.145. The van der Waals surface area contributed by atoms with Gasteiger partial charge in [-0.25, -0.2) is 4.79 Å². The Labute approximate surface area is 219 Å². The van der Waals surface area contributed by atoms with Crippen molar-refractivity contribution in [3.05, 3.63) is 102 Å².